The third-order valence-electron chi connectivity index (χ3n) is 3.79. The van der Waals surface area contributed by atoms with Crippen LogP contribution in [0.3, 0.4) is 0 Å². The molecule has 0 bridgehead atoms. The van der Waals surface area contributed by atoms with Gasteiger partial charge in [-0.25, -0.2) is 0 Å². The molecule has 0 fully saturated rings. The van der Waals surface area contributed by atoms with Crippen LogP contribution in [-0.2, 0) is 6.42 Å². The molecule has 1 atom stereocenters. The zero-order valence-electron chi connectivity index (χ0n) is 11.9. The maximum absolute atomic E-state index is 12.3. The Kier molecular flexibility index (Phi) is 3.71. The Bertz CT molecular complexity index is 727. The topological polar surface area (TPSA) is 61.2 Å². The van der Waals surface area contributed by atoms with Gasteiger partial charge in [-0.05, 0) is 24.1 Å². The van der Waals surface area contributed by atoms with Gasteiger partial charge in [-0.1, -0.05) is 42.5 Å². The molecule has 22 heavy (non-hydrogen) atoms. The highest BCUT2D eigenvalue weighted by atomic mass is 16.2. The number of carbonyl (C=O) groups is 2. The van der Waals surface area contributed by atoms with Crippen molar-refractivity contribution in [3.8, 4) is 6.07 Å². The summed E-state index contributed by atoms with van der Waals surface area (Å²) in [7, 11) is 0. The molecule has 0 saturated carbocycles. The van der Waals surface area contributed by atoms with Crippen molar-refractivity contribution in [2.24, 2.45) is 5.92 Å². The van der Waals surface area contributed by atoms with E-state index in [0.29, 0.717) is 17.5 Å². The van der Waals surface area contributed by atoms with Crippen molar-refractivity contribution in [2.45, 2.75) is 6.42 Å². The number of imide groups is 1. The van der Waals surface area contributed by atoms with Gasteiger partial charge < -0.3 is 0 Å². The molecule has 2 amide bonds. The van der Waals surface area contributed by atoms with Gasteiger partial charge in [0.05, 0.1) is 23.1 Å². The SMILES string of the molecule is N#CC(Cc1ccccc1)CN1C(=O)c2ccccc2C1=O. The molecule has 4 heteroatoms. The summed E-state index contributed by atoms with van der Waals surface area (Å²) in [6.45, 7) is 0.123. The van der Waals surface area contributed by atoms with Crippen molar-refractivity contribution < 1.29 is 9.59 Å². The number of benzene rings is 2. The van der Waals surface area contributed by atoms with Gasteiger partial charge in [-0.3, -0.25) is 14.5 Å². The fraction of sp³-hybridized carbons (Fsp3) is 0.167. The van der Waals surface area contributed by atoms with Gasteiger partial charge in [0.1, 0.15) is 0 Å². The minimum Gasteiger partial charge on any atom is -0.273 e. The average Bonchev–Trinajstić information content (AvgIpc) is 2.80. The van der Waals surface area contributed by atoms with Crippen LogP contribution >= 0.6 is 0 Å². The first-order valence-corrected chi connectivity index (χ1v) is 7.09. The molecule has 2 aromatic rings. The monoisotopic (exact) mass is 290 g/mol. The molecule has 0 saturated heterocycles. The second-order valence-electron chi connectivity index (χ2n) is 5.28. The molecule has 1 heterocycles. The number of nitrogens with zero attached hydrogens (tertiary/aromatic N) is 2. The second-order valence-corrected chi connectivity index (χ2v) is 5.28. The maximum Gasteiger partial charge on any atom is 0.261 e. The zero-order valence-corrected chi connectivity index (χ0v) is 11.9. The van der Waals surface area contributed by atoms with Crippen molar-refractivity contribution in [3.63, 3.8) is 0 Å². The summed E-state index contributed by atoms with van der Waals surface area (Å²) in [5.41, 5.74) is 1.86. The number of hydrogen-bond acceptors (Lipinski definition) is 3. The van der Waals surface area contributed by atoms with E-state index >= 15 is 0 Å². The molecule has 0 aliphatic carbocycles. The van der Waals surface area contributed by atoms with Crippen LogP contribution < -0.4 is 0 Å². The van der Waals surface area contributed by atoms with Crippen molar-refractivity contribution >= 4 is 11.8 Å². The lowest BCUT2D eigenvalue weighted by molar-refractivity contribution is 0.0640. The number of hydrogen-bond donors (Lipinski definition) is 0. The van der Waals surface area contributed by atoms with Crippen LogP contribution in [0, 0.1) is 17.2 Å². The lowest BCUT2D eigenvalue weighted by Gasteiger charge is -2.17. The van der Waals surface area contributed by atoms with Crippen LogP contribution in [0.5, 0.6) is 0 Å². The first kappa shape index (κ1) is 14.0. The summed E-state index contributed by atoms with van der Waals surface area (Å²) in [5, 5.41) is 9.34. The van der Waals surface area contributed by atoms with Crippen molar-refractivity contribution in [1.82, 2.24) is 4.90 Å². The van der Waals surface area contributed by atoms with E-state index in [9.17, 15) is 14.9 Å². The second kappa shape index (κ2) is 5.82. The number of amides is 2. The van der Waals surface area contributed by atoms with Crippen molar-refractivity contribution in [2.75, 3.05) is 6.54 Å². The lowest BCUT2D eigenvalue weighted by atomic mass is 10.00. The van der Waals surface area contributed by atoms with Gasteiger partial charge in [0.25, 0.3) is 11.8 Å². The fourth-order valence-corrected chi connectivity index (χ4v) is 2.67. The third-order valence-corrected chi connectivity index (χ3v) is 3.79. The molecule has 2 aromatic carbocycles. The molecule has 1 aliphatic rings. The van der Waals surface area contributed by atoms with Gasteiger partial charge in [0, 0.05) is 6.54 Å². The predicted octanol–water partition coefficient (Wildman–Crippen LogP) is 2.67. The summed E-state index contributed by atoms with van der Waals surface area (Å²) in [6, 6.07) is 18.6. The number of carbonyl (C=O) groups excluding carboxylic acids is 2. The Hall–Kier alpha value is -2.93. The first-order chi connectivity index (χ1) is 10.7. The molecule has 0 N–H and O–H groups in total. The number of rotatable bonds is 4. The first-order valence-electron chi connectivity index (χ1n) is 7.09. The van der Waals surface area contributed by atoms with E-state index in [1.54, 1.807) is 24.3 Å². The third kappa shape index (κ3) is 2.49. The predicted molar refractivity (Wildman–Crippen MR) is 81.1 cm³/mol. The quantitative estimate of drug-likeness (QED) is 0.813. The van der Waals surface area contributed by atoms with Gasteiger partial charge in [0.15, 0.2) is 0 Å². The average molecular weight is 290 g/mol. The zero-order chi connectivity index (χ0) is 15.5. The minimum atomic E-state index is -0.412. The molecule has 3 rings (SSSR count). The maximum atomic E-state index is 12.3. The van der Waals surface area contributed by atoms with Gasteiger partial charge >= 0.3 is 0 Å². The number of fused-ring (bicyclic) bond motifs is 1. The van der Waals surface area contributed by atoms with Crippen LogP contribution in [0.25, 0.3) is 0 Å². The standard InChI is InChI=1S/C18H14N2O2/c19-11-14(10-13-6-2-1-3-7-13)12-20-17(21)15-8-4-5-9-16(15)18(20)22/h1-9,14H,10,12H2. The van der Waals surface area contributed by atoms with Gasteiger partial charge in [0.2, 0.25) is 0 Å². The van der Waals surface area contributed by atoms with E-state index in [-0.39, 0.29) is 18.4 Å². The van der Waals surface area contributed by atoms with Crippen LogP contribution in [0.4, 0.5) is 0 Å². The Balaban J connectivity index is 1.77. The Labute approximate surface area is 128 Å². The summed E-state index contributed by atoms with van der Waals surface area (Å²) in [6.07, 6.45) is 0.519. The summed E-state index contributed by atoms with van der Waals surface area (Å²) < 4.78 is 0. The van der Waals surface area contributed by atoms with Crippen LogP contribution in [-0.4, -0.2) is 23.3 Å². The Morgan fingerprint density at radius 1 is 0.909 bits per heavy atom. The minimum absolute atomic E-state index is 0.123. The van der Waals surface area contributed by atoms with E-state index in [0.717, 1.165) is 5.56 Å². The highest BCUT2D eigenvalue weighted by molar-refractivity contribution is 6.21. The highest BCUT2D eigenvalue weighted by Crippen LogP contribution is 2.24. The lowest BCUT2D eigenvalue weighted by Crippen LogP contribution is -2.34. The molecular weight excluding hydrogens is 276 g/mol. The molecule has 4 nitrogen and oxygen atoms in total. The number of nitriles is 1. The highest BCUT2D eigenvalue weighted by Gasteiger charge is 2.36. The van der Waals surface area contributed by atoms with Gasteiger partial charge in [-0.2, -0.15) is 5.26 Å². The Morgan fingerprint density at radius 3 is 2.00 bits per heavy atom. The summed E-state index contributed by atoms with van der Waals surface area (Å²) in [5.74, 6) is -1.03. The van der Waals surface area contributed by atoms with Crippen LogP contribution in [0.2, 0.25) is 0 Å². The molecule has 0 radical (unpaired) electrons. The van der Waals surface area contributed by atoms with E-state index < -0.39 is 5.92 Å². The largest absolute Gasteiger partial charge is 0.273 e. The Morgan fingerprint density at radius 2 is 1.45 bits per heavy atom. The fourth-order valence-electron chi connectivity index (χ4n) is 2.67. The van der Waals surface area contributed by atoms with Crippen molar-refractivity contribution in [1.29, 1.82) is 5.26 Å². The van der Waals surface area contributed by atoms with Gasteiger partial charge in [-0.15, -0.1) is 0 Å². The van der Waals surface area contributed by atoms with Crippen molar-refractivity contribution in [3.05, 3.63) is 71.3 Å². The molecular formula is C18H14N2O2. The molecule has 1 unspecified atom stereocenters. The van der Waals surface area contributed by atoms with E-state index in [1.807, 2.05) is 30.3 Å². The molecule has 1 aliphatic heterocycles. The summed E-state index contributed by atoms with van der Waals surface area (Å²) >= 11 is 0. The van der Waals surface area contributed by atoms with E-state index in [1.165, 1.54) is 4.90 Å². The smallest absolute Gasteiger partial charge is 0.261 e. The molecule has 0 spiro atoms. The molecule has 108 valence electrons. The van der Waals surface area contributed by atoms with Crippen LogP contribution in [0.1, 0.15) is 26.3 Å². The normalized spacial score (nSPS) is 14.6. The summed E-state index contributed by atoms with van der Waals surface area (Å²) in [4.78, 5) is 25.8. The van der Waals surface area contributed by atoms with E-state index in [2.05, 4.69) is 6.07 Å². The molecule has 0 aromatic heterocycles. The van der Waals surface area contributed by atoms with Crippen LogP contribution in [0.15, 0.2) is 54.6 Å². The van der Waals surface area contributed by atoms with E-state index in [4.69, 9.17) is 0 Å².